The standard InChI is InChI=1S/C94H164O11/c1-7-13-19-25-31-37-43-49-55-61-69-97-87-75-81(76-88(98-70-62-56-50-44-38-32-26-20-14-8-2)91(87)101-73-65-59-53-47-41-35-29-23-17-11-5)93(95)103-79-83-84(86-68-67-85(83)105-86)80-104-94(96)82-77-89(99-71-63-57-51-45-39-33-27-21-15-9-3)92(102-74-66-60-54-48-42-36-30-24-18-12-6)90(78-82)100-72-64-58-52-46-40-34-28-22-16-10-4/h67-68,75-78,83-86H,7-66,69-74,79-80H2,1-6H3. The highest BCUT2D eigenvalue weighted by molar-refractivity contribution is 5.92. The van der Waals surface area contributed by atoms with Crippen molar-refractivity contribution in [3.8, 4) is 34.5 Å². The van der Waals surface area contributed by atoms with Crippen LogP contribution in [0.4, 0.5) is 0 Å². The van der Waals surface area contributed by atoms with E-state index in [9.17, 15) is 9.59 Å². The van der Waals surface area contributed by atoms with E-state index in [-0.39, 0.29) is 37.3 Å². The molecule has 1 fully saturated rings. The summed E-state index contributed by atoms with van der Waals surface area (Å²) >= 11 is 0. The second kappa shape index (κ2) is 66.8. The molecule has 0 saturated carbocycles. The number of hydrogen-bond acceptors (Lipinski definition) is 11. The first-order valence-electron chi connectivity index (χ1n) is 45.7. The first-order valence-corrected chi connectivity index (χ1v) is 45.7. The van der Waals surface area contributed by atoms with Gasteiger partial charge in [-0.05, 0) is 62.8 Å². The van der Waals surface area contributed by atoms with Crippen LogP contribution in [0.3, 0.4) is 0 Å². The summed E-state index contributed by atoms with van der Waals surface area (Å²) in [5, 5.41) is 0. The molecule has 11 nitrogen and oxygen atoms in total. The van der Waals surface area contributed by atoms with Gasteiger partial charge in [-0.25, -0.2) is 9.59 Å². The van der Waals surface area contributed by atoms with Crippen molar-refractivity contribution in [2.24, 2.45) is 11.8 Å². The van der Waals surface area contributed by atoms with Gasteiger partial charge in [-0.15, -0.1) is 0 Å². The van der Waals surface area contributed by atoms with Crippen LogP contribution in [0.15, 0.2) is 36.4 Å². The molecule has 0 spiro atoms. The third-order valence-electron chi connectivity index (χ3n) is 22.0. The van der Waals surface area contributed by atoms with E-state index < -0.39 is 11.9 Å². The highest BCUT2D eigenvalue weighted by Gasteiger charge is 2.47. The summed E-state index contributed by atoms with van der Waals surface area (Å²) in [5.41, 5.74) is 0.738. The molecular weight excluding hydrogens is 1310 g/mol. The van der Waals surface area contributed by atoms with Crippen molar-refractivity contribution in [3.63, 3.8) is 0 Å². The maximum atomic E-state index is 14.7. The Kier molecular flexibility index (Phi) is 59.4. The molecule has 105 heavy (non-hydrogen) atoms. The molecule has 2 bridgehead atoms. The van der Waals surface area contributed by atoms with Crippen molar-refractivity contribution in [1.29, 1.82) is 0 Å². The molecule has 0 radical (unpaired) electrons. The van der Waals surface area contributed by atoms with Crippen LogP contribution in [-0.2, 0) is 14.2 Å². The molecule has 0 aliphatic carbocycles. The lowest BCUT2D eigenvalue weighted by Gasteiger charge is -2.25. The average Bonchev–Trinajstić information content (AvgIpc) is 1.65. The van der Waals surface area contributed by atoms with Gasteiger partial charge in [0.05, 0.1) is 76.2 Å². The quantitative estimate of drug-likeness (QED) is 0.0358. The van der Waals surface area contributed by atoms with Crippen molar-refractivity contribution in [2.45, 2.75) is 439 Å². The van der Waals surface area contributed by atoms with Gasteiger partial charge in [0.15, 0.2) is 23.0 Å². The SMILES string of the molecule is CCCCCCCCCCCCOc1cc(C(=O)OCC2C3C=CC(O3)C2COC(=O)c2cc(OCCCCCCCCCCCC)c(OCCCCCCCCCCCC)c(OCCCCCCCCCCCC)c2)cc(OCCCCCCCCCCCC)c1OCCCCCCCCCCCC. The van der Waals surface area contributed by atoms with Crippen LogP contribution < -0.4 is 28.4 Å². The van der Waals surface area contributed by atoms with Crippen molar-refractivity contribution in [3.05, 3.63) is 47.5 Å². The van der Waals surface area contributed by atoms with Gasteiger partial charge in [-0.1, -0.05) is 400 Å². The zero-order chi connectivity index (χ0) is 74.8. The minimum atomic E-state index is -0.461. The van der Waals surface area contributed by atoms with Gasteiger partial charge in [0.1, 0.15) is 0 Å². The first kappa shape index (κ1) is 93.3. The molecule has 2 heterocycles. The third kappa shape index (κ3) is 45.6. The van der Waals surface area contributed by atoms with E-state index in [0.29, 0.717) is 85.3 Å². The zero-order valence-electron chi connectivity index (χ0n) is 69.3. The molecule has 1 saturated heterocycles. The van der Waals surface area contributed by atoms with Gasteiger partial charge in [0.25, 0.3) is 0 Å². The lowest BCUT2D eigenvalue weighted by atomic mass is 9.84. The van der Waals surface area contributed by atoms with Gasteiger partial charge >= 0.3 is 11.9 Å². The Bertz CT molecular complexity index is 2110. The van der Waals surface area contributed by atoms with Crippen molar-refractivity contribution in [1.82, 2.24) is 0 Å². The van der Waals surface area contributed by atoms with Crippen LogP contribution in [-0.4, -0.2) is 77.0 Å². The van der Waals surface area contributed by atoms with Crippen molar-refractivity contribution >= 4 is 11.9 Å². The Morgan fingerprint density at radius 1 is 0.248 bits per heavy atom. The highest BCUT2D eigenvalue weighted by atomic mass is 16.6. The minimum absolute atomic E-state index is 0.0894. The molecule has 4 atom stereocenters. The Hall–Kier alpha value is -4.12. The zero-order valence-corrected chi connectivity index (χ0v) is 69.3. The van der Waals surface area contributed by atoms with Crippen molar-refractivity contribution in [2.75, 3.05) is 52.9 Å². The van der Waals surface area contributed by atoms with Gasteiger partial charge < -0.3 is 42.6 Å². The summed E-state index contributed by atoms with van der Waals surface area (Å²) in [6.07, 6.45) is 77.9. The van der Waals surface area contributed by atoms with Crippen LogP contribution in [0.25, 0.3) is 0 Å². The van der Waals surface area contributed by atoms with E-state index in [1.54, 1.807) is 0 Å². The Labute approximate surface area is 646 Å². The number of benzene rings is 2. The maximum absolute atomic E-state index is 14.7. The molecule has 4 unspecified atom stereocenters. The van der Waals surface area contributed by atoms with Gasteiger partial charge in [0.2, 0.25) is 11.5 Å². The van der Waals surface area contributed by atoms with Crippen LogP contribution in [0.5, 0.6) is 34.5 Å². The largest absolute Gasteiger partial charge is 0.490 e. The summed E-state index contributed by atoms with van der Waals surface area (Å²) in [6, 6.07) is 7.26. The molecule has 0 amide bonds. The number of rotatable bonds is 78. The molecule has 0 aromatic heterocycles. The smallest absolute Gasteiger partial charge is 0.338 e. The third-order valence-corrected chi connectivity index (χ3v) is 22.0. The molecule has 11 heteroatoms. The first-order chi connectivity index (χ1) is 51.9. The summed E-state index contributed by atoms with van der Waals surface area (Å²) in [4.78, 5) is 29.3. The number of ether oxygens (including phenoxy) is 9. The van der Waals surface area contributed by atoms with E-state index in [1.807, 2.05) is 24.3 Å². The van der Waals surface area contributed by atoms with Gasteiger partial charge in [-0.2, -0.15) is 0 Å². The number of esters is 2. The monoisotopic (exact) mass is 1470 g/mol. The molecular formula is C94H164O11. The molecule has 0 N–H and O–H groups in total. The van der Waals surface area contributed by atoms with Gasteiger partial charge in [0, 0.05) is 11.8 Å². The van der Waals surface area contributed by atoms with Crippen LogP contribution in [0, 0.1) is 11.8 Å². The summed E-state index contributed by atoms with van der Waals surface area (Å²) in [5.74, 6) is 1.93. The molecule has 2 aliphatic rings. The fraction of sp³-hybridized carbons (Fsp3) is 0.830. The average molecular weight is 1470 g/mol. The van der Waals surface area contributed by atoms with Crippen LogP contribution in [0.1, 0.15) is 448 Å². The normalized spacial score (nSPS) is 15.3. The lowest BCUT2D eigenvalue weighted by Crippen LogP contribution is -2.33. The summed E-state index contributed by atoms with van der Waals surface area (Å²) in [6.45, 7) is 17.0. The summed E-state index contributed by atoms with van der Waals surface area (Å²) < 4.78 is 59.3. The second-order valence-electron chi connectivity index (χ2n) is 31.8. The predicted octanol–water partition coefficient (Wildman–Crippen LogP) is 29.1. The van der Waals surface area contributed by atoms with E-state index >= 15 is 0 Å². The van der Waals surface area contributed by atoms with E-state index in [1.165, 1.54) is 308 Å². The molecule has 2 aromatic carbocycles. The van der Waals surface area contributed by atoms with E-state index in [0.717, 1.165) is 77.0 Å². The molecule has 4 rings (SSSR count). The molecule has 2 aliphatic heterocycles. The number of hydrogen-bond donors (Lipinski definition) is 0. The number of carbonyl (C=O) groups is 2. The van der Waals surface area contributed by atoms with Gasteiger partial charge in [-0.3, -0.25) is 0 Å². The second-order valence-corrected chi connectivity index (χ2v) is 31.8. The number of fused-ring (bicyclic) bond motifs is 2. The number of carbonyl (C=O) groups excluding carboxylic acids is 2. The van der Waals surface area contributed by atoms with E-state index in [4.69, 9.17) is 42.6 Å². The van der Waals surface area contributed by atoms with Crippen LogP contribution >= 0.6 is 0 Å². The topological polar surface area (TPSA) is 117 Å². The van der Waals surface area contributed by atoms with Crippen LogP contribution in [0.2, 0.25) is 0 Å². The Morgan fingerprint density at radius 2 is 0.419 bits per heavy atom. The van der Waals surface area contributed by atoms with Crippen molar-refractivity contribution < 1.29 is 52.2 Å². The number of unbranched alkanes of at least 4 members (excludes halogenated alkanes) is 54. The van der Waals surface area contributed by atoms with E-state index in [2.05, 4.69) is 53.7 Å². The fourth-order valence-corrected chi connectivity index (χ4v) is 15.1. The maximum Gasteiger partial charge on any atom is 0.338 e. The Morgan fingerprint density at radius 3 is 0.610 bits per heavy atom. The lowest BCUT2D eigenvalue weighted by molar-refractivity contribution is 0.0252. The Balaban J connectivity index is 1.53. The minimum Gasteiger partial charge on any atom is -0.490 e. The summed E-state index contributed by atoms with van der Waals surface area (Å²) in [7, 11) is 0. The molecule has 2 aromatic rings. The predicted molar refractivity (Wildman–Crippen MR) is 442 cm³/mol. The highest BCUT2D eigenvalue weighted by Crippen LogP contribution is 2.44. The fourth-order valence-electron chi connectivity index (χ4n) is 15.1. The molecule has 606 valence electrons.